The Morgan fingerprint density at radius 2 is 2.24 bits per heavy atom. The van der Waals surface area contributed by atoms with Gasteiger partial charge < -0.3 is 15.2 Å². The van der Waals surface area contributed by atoms with Crippen LogP contribution in [0.2, 0.25) is 0 Å². The van der Waals surface area contributed by atoms with Gasteiger partial charge in [0.2, 0.25) is 5.91 Å². The average Bonchev–Trinajstić information content (AvgIpc) is 3.13. The summed E-state index contributed by atoms with van der Waals surface area (Å²) in [5.41, 5.74) is 1.64. The highest BCUT2D eigenvalue weighted by molar-refractivity contribution is 7.80. The SMILES string of the molecule is C=CCN1C(=S)N(CC)C(=O)C1CC(=O)Nc1ccc2cc[nH]c2c1. The maximum Gasteiger partial charge on any atom is 0.252 e. The number of H-pyrrole nitrogens is 1. The minimum Gasteiger partial charge on any atom is -0.361 e. The number of benzene rings is 1. The van der Waals surface area contributed by atoms with Crippen molar-refractivity contribution in [2.75, 3.05) is 18.4 Å². The molecule has 0 spiro atoms. The van der Waals surface area contributed by atoms with E-state index in [1.54, 1.807) is 11.0 Å². The summed E-state index contributed by atoms with van der Waals surface area (Å²) in [5.74, 6) is -0.358. The first-order chi connectivity index (χ1) is 12.0. The third kappa shape index (κ3) is 3.28. The number of carbonyl (C=O) groups excluding carboxylic acids is 2. The molecule has 2 aromatic rings. The van der Waals surface area contributed by atoms with Gasteiger partial charge in [0.15, 0.2) is 5.11 Å². The first-order valence-electron chi connectivity index (χ1n) is 8.15. The van der Waals surface area contributed by atoms with Crippen molar-refractivity contribution in [3.63, 3.8) is 0 Å². The highest BCUT2D eigenvalue weighted by atomic mass is 32.1. The molecule has 2 heterocycles. The lowest BCUT2D eigenvalue weighted by molar-refractivity contribution is -0.130. The van der Waals surface area contributed by atoms with Crippen LogP contribution in [0.1, 0.15) is 13.3 Å². The molecule has 2 amide bonds. The molecule has 130 valence electrons. The van der Waals surface area contributed by atoms with E-state index < -0.39 is 6.04 Å². The van der Waals surface area contributed by atoms with Crippen molar-refractivity contribution in [1.29, 1.82) is 0 Å². The molecule has 1 aliphatic rings. The van der Waals surface area contributed by atoms with E-state index in [1.807, 2.05) is 37.4 Å². The summed E-state index contributed by atoms with van der Waals surface area (Å²) in [7, 11) is 0. The van der Waals surface area contributed by atoms with E-state index in [2.05, 4.69) is 16.9 Å². The van der Waals surface area contributed by atoms with Crippen molar-refractivity contribution in [3.8, 4) is 0 Å². The second kappa shape index (κ2) is 7.06. The van der Waals surface area contributed by atoms with Gasteiger partial charge in [0.1, 0.15) is 6.04 Å². The quantitative estimate of drug-likeness (QED) is 0.616. The van der Waals surface area contributed by atoms with E-state index in [9.17, 15) is 9.59 Å². The summed E-state index contributed by atoms with van der Waals surface area (Å²) in [4.78, 5) is 31.4. The highest BCUT2D eigenvalue weighted by Crippen LogP contribution is 2.22. The van der Waals surface area contributed by atoms with Crippen molar-refractivity contribution in [3.05, 3.63) is 43.1 Å². The number of hydrogen-bond acceptors (Lipinski definition) is 3. The molecule has 1 fully saturated rings. The van der Waals surface area contributed by atoms with Crippen molar-refractivity contribution < 1.29 is 9.59 Å². The van der Waals surface area contributed by atoms with E-state index in [-0.39, 0.29) is 18.2 Å². The molecule has 1 atom stereocenters. The number of hydrogen-bond donors (Lipinski definition) is 2. The number of carbonyl (C=O) groups is 2. The van der Waals surface area contributed by atoms with E-state index >= 15 is 0 Å². The van der Waals surface area contributed by atoms with Crippen LogP contribution in [0.15, 0.2) is 43.1 Å². The van der Waals surface area contributed by atoms with Crippen molar-refractivity contribution in [1.82, 2.24) is 14.8 Å². The van der Waals surface area contributed by atoms with Gasteiger partial charge in [-0.3, -0.25) is 14.5 Å². The molecule has 0 radical (unpaired) electrons. The molecule has 1 unspecified atom stereocenters. The number of aromatic amines is 1. The van der Waals surface area contributed by atoms with E-state index in [0.717, 1.165) is 10.9 Å². The third-order valence-electron chi connectivity index (χ3n) is 4.26. The van der Waals surface area contributed by atoms with E-state index in [1.165, 1.54) is 4.90 Å². The number of nitrogens with one attached hydrogen (secondary N) is 2. The van der Waals surface area contributed by atoms with Crippen LogP contribution in [0.5, 0.6) is 0 Å². The smallest absolute Gasteiger partial charge is 0.252 e. The standard InChI is InChI=1S/C18H20N4O2S/c1-3-9-22-15(17(24)21(4-2)18(22)25)11-16(23)20-13-6-5-12-7-8-19-14(12)10-13/h3,5-8,10,15,19H,1,4,9,11H2,2H3,(H,20,23). The van der Waals surface area contributed by atoms with Crippen LogP contribution >= 0.6 is 12.2 Å². The number of anilines is 1. The maximum atomic E-state index is 12.5. The average molecular weight is 356 g/mol. The molecule has 7 heteroatoms. The maximum absolute atomic E-state index is 12.5. The van der Waals surface area contributed by atoms with Gasteiger partial charge >= 0.3 is 0 Å². The number of likely N-dealkylation sites (N-methyl/N-ethyl adjacent to an activating group) is 1. The molecule has 2 N–H and O–H groups in total. The molecule has 0 aliphatic carbocycles. The van der Waals surface area contributed by atoms with Crippen molar-refractivity contribution in [2.45, 2.75) is 19.4 Å². The zero-order chi connectivity index (χ0) is 18.0. The lowest BCUT2D eigenvalue weighted by Gasteiger charge is -2.21. The summed E-state index contributed by atoms with van der Waals surface area (Å²) in [6.07, 6.45) is 3.58. The molecular weight excluding hydrogens is 336 g/mol. The lowest BCUT2D eigenvalue weighted by atomic mass is 10.1. The van der Waals surface area contributed by atoms with Gasteiger partial charge in [0.25, 0.3) is 5.91 Å². The van der Waals surface area contributed by atoms with Gasteiger partial charge in [-0.2, -0.15) is 0 Å². The monoisotopic (exact) mass is 356 g/mol. The molecule has 0 bridgehead atoms. The number of fused-ring (bicyclic) bond motifs is 1. The van der Waals surface area contributed by atoms with Gasteiger partial charge in [-0.1, -0.05) is 12.1 Å². The predicted octanol–water partition coefficient (Wildman–Crippen LogP) is 2.50. The van der Waals surface area contributed by atoms with Crippen molar-refractivity contribution >= 4 is 45.7 Å². The molecule has 1 aromatic heterocycles. The van der Waals surface area contributed by atoms with Crippen LogP contribution in [0.3, 0.4) is 0 Å². The first kappa shape index (κ1) is 17.2. The number of thiocarbonyl (C=S) groups is 1. The summed E-state index contributed by atoms with van der Waals surface area (Å²) in [6.45, 7) is 6.50. The van der Waals surface area contributed by atoms with Gasteiger partial charge in [-0.25, -0.2) is 0 Å². The number of nitrogens with zero attached hydrogens (tertiary/aromatic N) is 2. The Morgan fingerprint density at radius 3 is 2.96 bits per heavy atom. The van der Waals surface area contributed by atoms with Gasteiger partial charge in [0.05, 0.1) is 6.42 Å². The highest BCUT2D eigenvalue weighted by Gasteiger charge is 2.41. The third-order valence-corrected chi connectivity index (χ3v) is 4.72. The Balaban J connectivity index is 1.72. The summed E-state index contributed by atoms with van der Waals surface area (Å²) in [5, 5.41) is 4.39. The number of amides is 2. The predicted molar refractivity (Wildman–Crippen MR) is 102 cm³/mol. The Bertz CT molecular complexity index is 844. The molecule has 1 saturated heterocycles. The summed E-state index contributed by atoms with van der Waals surface area (Å²) in [6, 6.07) is 7.02. The molecule has 25 heavy (non-hydrogen) atoms. The normalized spacial score (nSPS) is 17.4. The minimum absolute atomic E-state index is 0.0477. The topological polar surface area (TPSA) is 68.4 Å². The fourth-order valence-electron chi connectivity index (χ4n) is 3.04. The van der Waals surface area contributed by atoms with Gasteiger partial charge in [0, 0.05) is 30.5 Å². The second-order valence-corrected chi connectivity index (χ2v) is 6.22. The van der Waals surface area contributed by atoms with Crippen LogP contribution in [0.25, 0.3) is 10.9 Å². The van der Waals surface area contributed by atoms with Crippen LogP contribution in [-0.2, 0) is 9.59 Å². The van der Waals surface area contributed by atoms with Crippen LogP contribution in [0.4, 0.5) is 5.69 Å². The fraction of sp³-hybridized carbons (Fsp3) is 0.278. The van der Waals surface area contributed by atoms with Crippen LogP contribution in [0, 0.1) is 0 Å². The van der Waals surface area contributed by atoms with E-state index in [0.29, 0.717) is 23.9 Å². The first-order valence-corrected chi connectivity index (χ1v) is 8.55. The van der Waals surface area contributed by atoms with E-state index in [4.69, 9.17) is 12.2 Å². The zero-order valence-corrected chi connectivity index (χ0v) is 14.8. The minimum atomic E-state index is -0.584. The van der Waals surface area contributed by atoms with Crippen LogP contribution < -0.4 is 5.32 Å². The Morgan fingerprint density at radius 1 is 1.44 bits per heavy atom. The largest absolute Gasteiger partial charge is 0.361 e. The zero-order valence-electron chi connectivity index (χ0n) is 14.0. The molecular formula is C18H20N4O2S. The molecule has 3 rings (SSSR count). The molecule has 0 saturated carbocycles. The van der Waals surface area contributed by atoms with Gasteiger partial charge in [-0.05, 0) is 42.7 Å². The Labute approximate surface area is 151 Å². The van der Waals surface area contributed by atoms with Crippen molar-refractivity contribution in [2.24, 2.45) is 0 Å². The second-order valence-electron chi connectivity index (χ2n) is 5.85. The lowest BCUT2D eigenvalue weighted by Crippen LogP contribution is -2.37. The number of aromatic nitrogens is 1. The fourth-order valence-corrected chi connectivity index (χ4v) is 3.46. The summed E-state index contributed by atoms with van der Waals surface area (Å²) >= 11 is 5.35. The summed E-state index contributed by atoms with van der Waals surface area (Å²) < 4.78 is 0. The Hall–Kier alpha value is -2.67. The molecule has 6 nitrogen and oxygen atoms in total. The number of rotatable bonds is 6. The van der Waals surface area contributed by atoms with Crippen LogP contribution in [-0.4, -0.2) is 50.8 Å². The van der Waals surface area contributed by atoms with Gasteiger partial charge in [-0.15, -0.1) is 6.58 Å². The molecule has 1 aliphatic heterocycles. The Kier molecular flexibility index (Phi) is 4.85. The molecule has 1 aromatic carbocycles.